The molecule has 3 aromatic heterocycles. The van der Waals surface area contributed by atoms with E-state index in [-0.39, 0.29) is 17.7 Å². The van der Waals surface area contributed by atoms with Crippen molar-refractivity contribution in [3.8, 4) is 11.3 Å². The van der Waals surface area contributed by atoms with Crippen LogP contribution < -0.4 is 11.1 Å². The number of sulfone groups is 1. The molecule has 188 valence electrons. The summed E-state index contributed by atoms with van der Waals surface area (Å²) in [5, 5.41) is 7.68. The van der Waals surface area contributed by atoms with Gasteiger partial charge in [-0.2, -0.15) is 9.61 Å². The van der Waals surface area contributed by atoms with Crippen LogP contribution in [0.25, 0.3) is 16.8 Å². The molecule has 1 saturated carbocycles. The topological polar surface area (TPSA) is 115 Å². The van der Waals surface area contributed by atoms with Crippen molar-refractivity contribution in [3.63, 3.8) is 0 Å². The molecule has 0 amide bonds. The fraction of sp³-hybridized carbons (Fsp3) is 0.320. The van der Waals surface area contributed by atoms with E-state index in [9.17, 15) is 17.2 Å². The molecule has 3 N–H and O–H groups in total. The fourth-order valence-electron chi connectivity index (χ4n) is 5.01. The highest BCUT2D eigenvalue weighted by Crippen LogP contribution is 2.39. The van der Waals surface area contributed by atoms with Gasteiger partial charge in [0.25, 0.3) is 0 Å². The summed E-state index contributed by atoms with van der Waals surface area (Å²) in [5.74, 6) is -0.915. The summed E-state index contributed by atoms with van der Waals surface area (Å²) in [7, 11) is -3.77. The number of fused-ring (bicyclic) bond motifs is 1. The number of nitrogens with one attached hydrogen (secondary N) is 1. The molecule has 0 bridgehead atoms. The number of pyridine rings is 1. The zero-order chi connectivity index (χ0) is 25.6. The molecule has 0 radical (unpaired) electrons. The van der Waals surface area contributed by atoms with Crippen molar-refractivity contribution in [1.29, 1.82) is 0 Å². The third-order valence-electron chi connectivity index (χ3n) is 6.60. The first kappa shape index (κ1) is 24.3. The van der Waals surface area contributed by atoms with Crippen molar-refractivity contribution in [3.05, 3.63) is 66.1 Å². The van der Waals surface area contributed by atoms with E-state index in [0.717, 1.165) is 48.9 Å². The molecule has 1 fully saturated rings. The fourth-order valence-corrected chi connectivity index (χ4v) is 5.64. The summed E-state index contributed by atoms with van der Waals surface area (Å²) in [6.07, 6.45) is 8.83. The SMILES string of the molecule is CC1CC(N)CC(c2ccncc2Nc2ncc3ccc(-c4c(F)cc(S(C)(=O)=O)cc4F)nn23)C1. The molecule has 8 nitrogen and oxygen atoms in total. The minimum Gasteiger partial charge on any atom is -0.328 e. The number of hydrogen-bond acceptors (Lipinski definition) is 7. The Morgan fingerprint density at radius 1 is 1.08 bits per heavy atom. The number of anilines is 2. The Morgan fingerprint density at radius 2 is 1.83 bits per heavy atom. The number of benzene rings is 1. The lowest BCUT2D eigenvalue weighted by Crippen LogP contribution is -2.31. The number of nitrogens with zero attached hydrogens (tertiary/aromatic N) is 4. The van der Waals surface area contributed by atoms with Gasteiger partial charge in [0.15, 0.2) is 9.84 Å². The van der Waals surface area contributed by atoms with E-state index in [4.69, 9.17) is 5.73 Å². The molecule has 0 saturated heterocycles. The van der Waals surface area contributed by atoms with Crippen LogP contribution in [0.4, 0.5) is 20.4 Å². The Bertz CT molecular complexity index is 1520. The van der Waals surface area contributed by atoms with Crippen LogP contribution in [0.15, 0.2) is 53.8 Å². The second-order valence-corrected chi connectivity index (χ2v) is 11.5. The molecule has 11 heteroatoms. The van der Waals surface area contributed by atoms with Gasteiger partial charge in [-0.15, -0.1) is 0 Å². The van der Waals surface area contributed by atoms with Crippen LogP contribution in [0.3, 0.4) is 0 Å². The van der Waals surface area contributed by atoms with Gasteiger partial charge in [0.2, 0.25) is 5.95 Å². The molecule has 3 unspecified atom stereocenters. The zero-order valence-electron chi connectivity index (χ0n) is 19.8. The highest BCUT2D eigenvalue weighted by Gasteiger charge is 2.27. The van der Waals surface area contributed by atoms with Crippen LogP contribution in [0, 0.1) is 17.6 Å². The number of imidazole rings is 1. The summed E-state index contributed by atoms with van der Waals surface area (Å²) in [5.41, 5.74) is 8.31. The number of rotatable bonds is 5. The maximum Gasteiger partial charge on any atom is 0.229 e. The van der Waals surface area contributed by atoms with Crippen molar-refractivity contribution in [2.75, 3.05) is 11.6 Å². The monoisotopic (exact) mass is 512 g/mol. The van der Waals surface area contributed by atoms with Gasteiger partial charge in [0.05, 0.1) is 39.8 Å². The summed E-state index contributed by atoms with van der Waals surface area (Å²) >= 11 is 0. The highest BCUT2D eigenvalue weighted by molar-refractivity contribution is 7.90. The van der Waals surface area contributed by atoms with Crippen molar-refractivity contribution in [2.45, 2.75) is 43.0 Å². The third-order valence-corrected chi connectivity index (χ3v) is 7.70. The van der Waals surface area contributed by atoms with E-state index in [2.05, 4.69) is 27.3 Å². The summed E-state index contributed by atoms with van der Waals surface area (Å²) in [6, 6.07) is 6.80. The number of halogens is 2. The average Bonchev–Trinajstić information content (AvgIpc) is 3.20. The average molecular weight is 513 g/mol. The largest absolute Gasteiger partial charge is 0.328 e. The second-order valence-electron chi connectivity index (χ2n) is 9.53. The van der Waals surface area contributed by atoms with Crippen molar-refractivity contribution in [2.24, 2.45) is 11.7 Å². The van der Waals surface area contributed by atoms with Crippen LogP contribution in [0.2, 0.25) is 0 Å². The van der Waals surface area contributed by atoms with Crippen LogP contribution in [-0.4, -0.2) is 40.3 Å². The molecule has 1 aromatic carbocycles. The molecule has 1 aliphatic carbocycles. The van der Waals surface area contributed by atoms with Gasteiger partial charge in [-0.05, 0) is 67.0 Å². The van der Waals surface area contributed by atoms with Gasteiger partial charge in [0, 0.05) is 18.5 Å². The van der Waals surface area contributed by atoms with Gasteiger partial charge in [0.1, 0.15) is 11.6 Å². The molecule has 5 rings (SSSR count). The first-order valence-corrected chi connectivity index (χ1v) is 13.5. The first-order valence-electron chi connectivity index (χ1n) is 11.6. The van der Waals surface area contributed by atoms with E-state index in [1.54, 1.807) is 24.7 Å². The lowest BCUT2D eigenvalue weighted by molar-refractivity contribution is 0.308. The van der Waals surface area contributed by atoms with Gasteiger partial charge < -0.3 is 11.1 Å². The van der Waals surface area contributed by atoms with E-state index in [1.165, 1.54) is 10.6 Å². The Hall–Kier alpha value is -3.44. The minimum atomic E-state index is -3.77. The number of hydrogen-bond donors (Lipinski definition) is 2. The molecule has 1 aliphatic rings. The van der Waals surface area contributed by atoms with Gasteiger partial charge >= 0.3 is 0 Å². The highest BCUT2D eigenvalue weighted by atomic mass is 32.2. The van der Waals surface area contributed by atoms with Crippen LogP contribution >= 0.6 is 0 Å². The molecule has 0 spiro atoms. The number of aromatic nitrogens is 4. The third kappa shape index (κ3) is 4.68. The van der Waals surface area contributed by atoms with Crippen LogP contribution in [-0.2, 0) is 9.84 Å². The second kappa shape index (κ2) is 9.21. The van der Waals surface area contributed by atoms with E-state index < -0.39 is 31.9 Å². The smallest absolute Gasteiger partial charge is 0.229 e. The maximum absolute atomic E-state index is 14.8. The molecule has 36 heavy (non-hydrogen) atoms. The van der Waals surface area contributed by atoms with Crippen molar-refractivity contribution >= 4 is 27.0 Å². The van der Waals surface area contributed by atoms with Crippen LogP contribution in [0.5, 0.6) is 0 Å². The number of nitrogens with two attached hydrogens (primary N) is 1. The van der Waals surface area contributed by atoms with Crippen molar-refractivity contribution in [1.82, 2.24) is 19.6 Å². The van der Waals surface area contributed by atoms with E-state index >= 15 is 0 Å². The lowest BCUT2D eigenvalue weighted by Gasteiger charge is -2.32. The zero-order valence-corrected chi connectivity index (χ0v) is 20.6. The summed E-state index contributed by atoms with van der Waals surface area (Å²) in [6.45, 7) is 2.20. The maximum atomic E-state index is 14.8. The molecule has 3 atom stereocenters. The molecule has 4 aromatic rings. The van der Waals surface area contributed by atoms with Gasteiger partial charge in [-0.3, -0.25) is 4.98 Å². The van der Waals surface area contributed by atoms with Crippen molar-refractivity contribution < 1.29 is 17.2 Å². The Balaban J connectivity index is 1.52. The molecular formula is C25H26F2N6O2S. The predicted molar refractivity (Wildman–Crippen MR) is 133 cm³/mol. The normalized spacial score (nSPS) is 20.5. The first-order chi connectivity index (χ1) is 17.1. The van der Waals surface area contributed by atoms with E-state index in [1.807, 2.05) is 6.07 Å². The molecule has 0 aliphatic heterocycles. The quantitative estimate of drug-likeness (QED) is 0.406. The lowest BCUT2D eigenvalue weighted by atomic mass is 9.76. The van der Waals surface area contributed by atoms with E-state index in [0.29, 0.717) is 17.4 Å². The summed E-state index contributed by atoms with van der Waals surface area (Å²) in [4.78, 5) is 8.22. The minimum absolute atomic E-state index is 0.00269. The Kier molecular flexibility index (Phi) is 6.21. The Labute approximate surface area is 207 Å². The van der Waals surface area contributed by atoms with Gasteiger partial charge in [-0.25, -0.2) is 22.2 Å². The summed E-state index contributed by atoms with van der Waals surface area (Å²) < 4.78 is 54.6. The predicted octanol–water partition coefficient (Wildman–Crippen LogP) is 4.45. The molecular weight excluding hydrogens is 486 g/mol. The van der Waals surface area contributed by atoms with Gasteiger partial charge in [-0.1, -0.05) is 6.92 Å². The van der Waals surface area contributed by atoms with Crippen LogP contribution in [0.1, 0.15) is 37.7 Å². The standard InChI is InChI=1S/C25H26F2N6O2S/c1-14-7-15(9-16(28)8-14)19-5-6-29-13-23(19)31-25-30-12-17-3-4-22(32-33(17)25)24-20(26)10-18(11-21(24)27)36(2,34)35/h3-6,10-16H,7-9,28H2,1-2H3,(H,30,31). The molecule has 3 heterocycles. The Morgan fingerprint density at radius 3 is 2.53 bits per heavy atom.